The van der Waals surface area contributed by atoms with Gasteiger partial charge >= 0.3 is 0 Å². The van der Waals surface area contributed by atoms with E-state index in [1.165, 1.54) is 24.5 Å². The number of nitrogens with zero attached hydrogens (tertiary/aromatic N) is 1. The van der Waals surface area contributed by atoms with Crippen molar-refractivity contribution in [1.82, 2.24) is 9.97 Å². The Morgan fingerprint density at radius 1 is 1.48 bits per heavy atom. The van der Waals surface area contributed by atoms with Crippen molar-refractivity contribution >= 4 is 29.3 Å². The van der Waals surface area contributed by atoms with Crippen LogP contribution in [0.15, 0.2) is 34.9 Å². The van der Waals surface area contributed by atoms with Crippen LogP contribution in [0.3, 0.4) is 0 Å². The second kappa shape index (κ2) is 5.23. The van der Waals surface area contributed by atoms with Crippen LogP contribution in [0.2, 0.25) is 0 Å². The van der Waals surface area contributed by atoms with Crippen LogP contribution in [-0.4, -0.2) is 20.9 Å². The summed E-state index contributed by atoms with van der Waals surface area (Å²) in [6.07, 6.45) is 1.25. The summed E-state index contributed by atoms with van der Waals surface area (Å²) in [7, 11) is 0. The first-order valence-electron chi connectivity index (χ1n) is 5.73. The maximum Gasteiger partial charge on any atom is 0.269 e. The molecule has 0 bridgehead atoms. The maximum atomic E-state index is 13.2. The Morgan fingerprint density at radius 2 is 2.29 bits per heavy atom. The van der Waals surface area contributed by atoms with E-state index in [0.717, 1.165) is 11.3 Å². The number of halogens is 1. The number of aromatic hydroxyl groups is 1. The first kappa shape index (κ1) is 13.7. The second-order valence-corrected chi connectivity index (χ2v) is 5.76. The van der Waals surface area contributed by atoms with E-state index in [4.69, 9.17) is 16.6 Å². The van der Waals surface area contributed by atoms with Crippen LogP contribution in [0.1, 0.15) is 15.6 Å². The molecule has 0 aliphatic heterocycles. The Morgan fingerprint density at radius 3 is 2.95 bits per heavy atom. The minimum Gasteiger partial charge on any atom is -0.493 e. The molecule has 3 rings (SSSR count). The van der Waals surface area contributed by atoms with Crippen molar-refractivity contribution in [2.45, 2.75) is 0 Å². The molecule has 0 radical (unpaired) electrons. The number of ketones is 1. The van der Waals surface area contributed by atoms with Gasteiger partial charge in [-0.15, -0.1) is 0 Å². The maximum absolute atomic E-state index is 13.2. The highest BCUT2D eigenvalue weighted by atomic mass is 32.1. The van der Waals surface area contributed by atoms with Crippen molar-refractivity contribution in [2.75, 3.05) is 0 Å². The van der Waals surface area contributed by atoms with Crippen LogP contribution in [0.4, 0.5) is 4.39 Å². The van der Waals surface area contributed by atoms with E-state index in [1.54, 1.807) is 6.07 Å². The van der Waals surface area contributed by atoms with Crippen LogP contribution in [0.5, 0.6) is 5.88 Å². The Labute approximate surface area is 126 Å². The Kier molecular flexibility index (Phi) is 3.40. The molecule has 3 aromatic rings. The summed E-state index contributed by atoms with van der Waals surface area (Å²) in [5.41, 5.74) is 0.820. The molecule has 0 saturated heterocycles. The molecule has 0 atom stereocenters. The molecule has 2 N–H and O–H groups in total. The highest BCUT2D eigenvalue weighted by Gasteiger charge is 2.22. The van der Waals surface area contributed by atoms with Crippen LogP contribution in [0, 0.1) is 9.77 Å². The molecule has 0 aliphatic rings. The van der Waals surface area contributed by atoms with Crippen molar-refractivity contribution in [1.29, 1.82) is 0 Å². The number of aromatic amines is 1. The fraction of sp³-hybridized carbons (Fsp3) is 0. The normalized spacial score (nSPS) is 10.7. The third kappa shape index (κ3) is 2.63. The van der Waals surface area contributed by atoms with Crippen LogP contribution in [0.25, 0.3) is 11.3 Å². The molecule has 2 aromatic heterocycles. The van der Waals surface area contributed by atoms with E-state index >= 15 is 0 Å². The third-order valence-electron chi connectivity index (χ3n) is 2.66. The summed E-state index contributed by atoms with van der Waals surface area (Å²) in [5, 5.41) is 9.57. The van der Waals surface area contributed by atoms with Gasteiger partial charge in [-0.2, -0.15) is 0 Å². The van der Waals surface area contributed by atoms with E-state index in [-0.39, 0.29) is 20.6 Å². The lowest BCUT2D eigenvalue weighted by atomic mass is 10.2. The quantitative estimate of drug-likeness (QED) is 0.569. The molecule has 106 valence electrons. The summed E-state index contributed by atoms with van der Waals surface area (Å²) in [5.74, 6) is -1.52. The highest BCUT2D eigenvalue weighted by molar-refractivity contribution is 7.73. The minimum atomic E-state index is -0.590. The molecule has 8 heteroatoms. The molecule has 0 amide bonds. The van der Waals surface area contributed by atoms with Crippen molar-refractivity contribution in [3.63, 3.8) is 0 Å². The number of nitrogens with one attached hydrogen (secondary N) is 1. The van der Waals surface area contributed by atoms with E-state index in [0.29, 0.717) is 11.3 Å². The standard InChI is InChI=1S/C13H7FN2O3S2/c14-7-3-1-2-6(4-7)8-5-19-12(15-8)9(17)10-11(18)16-13(20)21-10/h1-5,18H,(H,16,20). The van der Waals surface area contributed by atoms with Gasteiger partial charge < -0.3 is 14.5 Å². The zero-order chi connectivity index (χ0) is 15.0. The molecule has 2 heterocycles. The monoisotopic (exact) mass is 322 g/mol. The van der Waals surface area contributed by atoms with Crippen molar-refractivity contribution in [3.05, 3.63) is 51.1 Å². The average Bonchev–Trinajstić information content (AvgIpc) is 3.05. The average molecular weight is 322 g/mol. The minimum absolute atomic E-state index is 0.0210. The molecule has 0 saturated carbocycles. The van der Waals surface area contributed by atoms with E-state index < -0.39 is 11.6 Å². The number of carbonyl (C=O) groups excluding carboxylic acids is 1. The van der Waals surface area contributed by atoms with Crippen LogP contribution >= 0.6 is 23.6 Å². The zero-order valence-electron chi connectivity index (χ0n) is 10.3. The number of H-pyrrole nitrogens is 1. The molecule has 0 fully saturated rings. The van der Waals surface area contributed by atoms with Crippen molar-refractivity contribution in [3.8, 4) is 17.1 Å². The topological polar surface area (TPSA) is 79.1 Å². The van der Waals surface area contributed by atoms with Gasteiger partial charge in [-0.1, -0.05) is 23.5 Å². The number of benzene rings is 1. The van der Waals surface area contributed by atoms with Gasteiger partial charge in [0.1, 0.15) is 22.7 Å². The Balaban J connectivity index is 1.97. The number of oxazole rings is 1. The first-order valence-corrected chi connectivity index (χ1v) is 6.95. The van der Waals surface area contributed by atoms with Gasteiger partial charge in [0.25, 0.3) is 11.7 Å². The van der Waals surface area contributed by atoms with Crippen molar-refractivity contribution in [2.24, 2.45) is 0 Å². The molecule has 0 aliphatic carbocycles. The fourth-order valence-corrected chi connectivity index (χ4v) is 2.74. The lowest BCUT2D eigenvalue weighted by Crippen LogP contribution is -1.99. The first-order chi connectivity index (χ1) is 10.0. The number of hydrogen-bond acceptors (Lipinski definition) is 6. The Bertz CT molecular complexity index is 881. The van der Waals surface area contributed by atoms with Crippen molar-refractivity contribution < 1.29 is 18.7 Å². The van der Waals surface area contributed by atoms with Gasteiger partial charge in [0.15, 0.2) is 3.95 Å². The van der Waals surface area contributed by atoms with Gasteiger partial charge in [0.05, 0.1) is 0 Å². The number of carbonyl (C=O) groups is 1. The summed E-state index contributed by atoms with van der Waals surface area (Å²) < 4.78 is 18.5. The van der Waals surface area contributed by atoms with Gasteiger partial charge in [-0.3, -0.25) is 4.79 Å². The molecular weight excluding hydrogens is 315 g/mol. The molecule has 1 aromatic carbocycles. The lowest BCUT2D eigenvalue weighted by molar-refractivity contribution is 0.100. The molecule has 5 nitrogen and oxygen atoms in total. The SMILES string of the molecule is O=C(c1nc(-c2cccc(F)c2)co1)c1sc(=S)[nH]c1O. The molecule has 0 spiro atoms. The largest absolute Gasteiger partial charge is 0.493 e. The third-order valence-corrected chi connectivity index (χ3v) is 3.88. The highest BCUT2D eigenvalue weighted by Crippen LogP contribution is 2.26. The van der Waals surface area contributed by atoms with E-state index in [2.05, 4.69) is 9.97 Å². The predicted octanol–water partition coefficient (Wildman–Crippen LogP) is 3.54. The number of rotatable bonds is 3. The number of thiazole rings is 1. The smallest absolute Gasteiger partial charge is 0.269 e. The predicted molar refractivity (Wildman–Crippen MR) is 76.5 cm³/mol. The summed E-state index contributed by atoms with van der Waals surface area (Å²) in [6, 6.07) is 5.77. The van der Waals surface area contributed by atoms with Crippen LogP contribution < -0.4 is 0 Å². The number of aromatic nitrogens is 2. The lowest BCUT2D eigenvalue weighted by Gasteiger charge is -1.94. The zero-order valence-corrected chi connectivity index (χ0v) is 11.9. The fourth-order valence-electron chi connectivity index (χ4n) is 1.73. The molecular formula is C13H7FN2O3S2. The van der Waals surface area contributed by atoms with E-state index in [9.17, 15) is 14.3 Å². The summed E-state index contributed by atoms with van der Waals surface area (Å²) >= 11 is 5.77. The molecule has 0 unspecified atom stereocenters. The second-order valence-electron chi connectivity index (χ2n) is 4.07. The summed E-state index contributed by atoms with van der Waals surface area (Å²) in [4.78, 5) is 18.6. The summed E-state index contributed by atoms with van der Waals surface area (Å²) in [6.45, 7) is 0. The van der Waals surface area contributed by atoms with Gasteiger partial charge in [-0.05, 0) is 24.4 Å². The van der Waals surface area contributed by atoms with Crippen LogP contribution in [-0.2, 0) is 0 Å². The van der Waals surface area contributed by atoms with E-state index in [1.807, 2.05) is 0 Å². The molecule has 21 heavy (non-hydrogen) atoms. The van der Waals surface area contributed by atoms with Gasteiger partial charge in [0.2, 0.25) is 5.88 Å². The Hall–Kier alpha value is -2.32. The van der Waals surface area contributed by atoms with Gasteiger partial charge in [-0.25, -0.2) is 9.37 Å². The number of hydrogen-bond donors (Lipinski definition) is 2. The van der Waals surface area contributed by atoms with Gasteiger partial charge in [0, 0.05) is 5.56 Å².